The van der Waals surface area contributed by atoms with E-state index < -0.39 is 0 Å². The number of nitrogens with zero attached hydrogens (tertiary/aromatic N) is 2. The fourth-order valence-electron chi connectivity index (χ4n) is 3.91. The summed E-state index contributed by atoms with van der Waals surface area (Å²) in [6.45, 7) is 19.5. The number of hydrogen-bond donors (Lipinski definition) is 0. The van der Waals surface area contributed by atoms with Crippen molar-refractivity contribution in [3.8, 4) is 0 Å². The summed E-state index contributed by atoms with van der Waals surface area (Å²) >= 11 is 1.85. The van der Waals surface area contributed by atoms with Crippen LogP contribution in [0.4, 0.5) is 0 Å². The molecule has 0 spiro atoms. The van der Waals surface area contributed by atoms with Crippen LogP contribution >= 0.6 is 11.8 Å². The quantitative estimate of drug-likeness (QED) is 0.447. The van der Waals surface area contributed by atoms with Crippen molar-refractivity contribution in [3.63, 3.8) is 0 Å². The van der Waals surface area contributed by atoms with Crippen molar-refractivity contribution >= 4 is 17.7 Å². The average molecular weight is 409 g/mol. The molecular weight excluding hydrogens is 376 g/mol. The van der Waals surface area contributed by atoms with Crippen molar-refractivity contribution in [1.29, 1.82) is 0 Å². The monoisotopic (exact) mass is 408 g/mol. The Morgan fingerprint density at radius 1 is 1.14 bits per heavy atom. The molecule has 1 aromatic rings. The lowest BCUT2D eigenvalue weighted by Gasteiger charge is -2.37. The van der Waals surface area contributed by atoms with Gasteiger partial charge in [-0.2, -0.15) is 0 Å². The smallest absolute Gasteiger partial charge is 0.226 e. The van der Waals surface area contributed by atoms with Crippen LogP contribution in [-0.4, -0.2) is 47.6 Å². The van der Waals surface area contributed by atoms with Gasteiger partial charge in [-0.05, 0) is 43.4 Å². The zero-order valence-corrected chi connectivity index (χ0v) is 18.5. The largest absolute Gasteiger partial charge is 0.371 e. The van der Waals surface area contributed by atoms with Gasteiger partial charge in [0, 0.05) is 48.4 Å². The molecule has 0 N–H and O–H groups in total. The number of carbonyl (C=O) groups is 1. The van der Waals surface area contributed by atoms with E-state index in [4.69, 9.17) is 0 Å². The van der Waals surface area contributed by atoms with Gasteiger partial charge in [0.1, 0.15) is 0 Å². The Balaban J connectivity index is 1.46. The Morgan fingerprint density at radius 3 is 2.48 bits per heavy atom. The molecule has 154 valence electrons. The van der Waals surface area contributed by atoms with Gasteiger partial charge < -0.3 is 9.80 Å². The molecule has 1 aliphatic carbocycles. The molecule has 1 aliphatic heterocycles. The number of allylic oxidation sites excluding steroid dienone is 4. The van der Waals surface area contributed by atoms with Crippen LogP contribution in [0.15, 0.2) is 72.3 Å². The second-order valence-electron chi connectivity index (χ2n) is 7.99. The topological polar surface area (TPSA) is 23.6 Å². The third-order valence-electron chi connectivity index (χ3n) is 5.86. The summed E-state index contributed by atoms with van der Waals surface area (Å²) in [5, 5.41) is 0. The van der Waals surface area contributed by atoms with Gasteiger partial charge in [-0.1, -0.05) is 55.7 Å². The van der Waals surface area contributed by atoms with Crippen LogP contribution in [-0.2, 0) is 4.79 Å². The highest BCUT2D eigenvalue weighted by Gasteiger charge is 2.46. The van der Waals surface area contributed by atoms with Gasteiger partial charge in [-0.3, -0.25) is 4.79 Å². The van der Waals surface area contributed by atoms with Crippen molar-refractivity contribution < 1.29 is 4.79 Å². The first-order chi connectivity index (χ1) is 13.9. The molecule has 0 unspecified atom stereocenters. The maximum atomic E-state index is 12.8. The molecule has 0 aromatic heterocycles. The maximum Gasteiger partial charge on any atom is 0.226 e. The van der Waals surface area contributed by atoms with Gasteiger partial charge in [0.15, 0.2) is 0 Å². The predicted octanol–water partition coefficient (Wildman–Crippen LogP) is 4.99. The molecule has 1 heterocycles. The molecule has 2 atom stereocenters. The molecule has 29 heavy (non-hydrogen) atoms. The third kappa shape index (κ3) is 5.24. The summed E-state index contributed by atoms with van der Waals surface area (Å²) < 4.78 is 0. The molecule has 4 heteroatoms. The number of carbonyl (C=O) groups excluding carboxylic acids is 1. The Morgan fingerprint density at radius 2 is 1.83 bits per heavy atom. The molecule has 1 amide bonds. The first kappa shape index (κ1) is 21.5. The van der Waals surface area contributed by atoms with E-state index in [2.05, 4.69) is 56.7 Å². The lowest BCUT2D eigenvalue weighted by molar-refractivity contribution is -0.134. The standard InChI is InChI=1S/C25H32N2OS/c1-6-8-21(7-2)22-16-23(22)25(28)27-13-11-26(12-14-27)20(5)17-29-24-15-18(3)9-10-19(24)4/h6-10,15,22-23H,1-2,5,11-14,16-17H2,3-4H3/b21-8+/t22-,23+/m0/s1. The molecule has 3 nitrogen and oxygen atoms in total. The fraction of sp³-hybridized carbons (Fsp3) is 0.400. The highest BCUT2D eigenvalue weighted by Crippen LogP contribution is 2.45. The predicted molar refractivity (Wildman–Crippen MR) is 124 cm³/mol. The molecule has 0 bridgehead atoms. The van der Waals surface area contributed by atoms with Crippen LogP contribution in [0.25, 0.3) is 0 Å². The van der Waals surface area contributed by atoms with Gasteiger partial charge in [-0.25, -0.2) is 0 Å². The van der Waals surface area contributed by atoms with Gasteiger partial charge in [0.25, 0.3) is 0 Å². The summed E-state index contributed by atoms with van der Waals surface area (Å²) in [5.41, 5.74) is 4.88. The summed E-state index contributed by atoms with van der Waals surface area (Å²) in [5.74, 6) is 1.62. The lowest BCUT2D eigenvalue weighted by Crippen LogP contribution is -2.49. The van der Waals surface area contributed by atoms with E-state index in [0.29, 0.717) is 11.8 Å². The van der Waals surface area contributed by atoms with E-state index >= 15 is 0 Å². The van der Waals surface area contributed by atoms with Crippen LogP contribution in [0, 0.1) is 25.7 Å². The highest BCUT2D eigenvalue weighted by molar-refractivity contribution is 7.99. The van der Waals surface area contributed by atoms with Crippen molar-refractivity contribution in [1.82, 2.24) is 9.80 Å². The summed E-state index contributed by atoms with van der Waals surface area (Å²) in [4.78, 5) is 18.5. The molecule has 2 fully saturated rings. The van der Waals surface area contributed by atoms with Crippen molar-refractivity contribution in [2.24, 2.45) is 11.8 Å². The third-order valence-corrected chi connectivity index (χ3v) is 7.09. The first-order valence-corrected chi connectivity index (χ1v) is 11.3. The number of piperazine rings is 1. The summed E-state index contributed by atoms with van der Waals surface area (Å²) in [6.07, 6.45) is 6.54. The van der Waals surface area contributed by atoms with Crippen LogP contribution in [0.1, 0.15) is 17.5 Å². The normalized spacial score (nSPS) is 21.7. The van der Waals surface area contributed by atoms with Gasteiger partial charge in [-0.15, -0.1) is 11.8 Å². The van der Waals surface area contributed by atoms with Gasteiger partial charge >= 0.3 is 0 Å². The number of amides is 1. The van der Waals surface area contributed by atoms with Gasteiger partial charge in [0.2, 0.25) is 5.91 Å². The average Bonchev–Trinajstić information content (AvgIpc) is 3.52. The van der Waals surface area contributed by atoms with Gasteiger partial charge in [0.05, 0.1) is 0 Å². The van der Waals surface area contributed by atoms with Crippen molar-refractivity contribution in [2.45, 2.75) is 25.2 Å². The van der Waals surface area contributed by atoms with Crippen LogP contribution < -0.4 is 0 Å². The molecule has 1 saturated heterocycles. The van der Waals surface area contributed by atoms with E-state index in [1.54, 1.807) is 6.08 Å². The van der Waals surface area contributed by atoms with E-state index in [9.17, 15) is 4.79 Å². The number of aryl methyl sites for hydroxylation is 2. The molecule has 2 aliphatic rings. The summed E-state index contributed by atoms with van der Waals surface area (Å²) in [6, 6.07) is 6.58. The van der Waals surface area contributed by atoms with E-state index in [1.165, 1.54) is 16.0 Å². The minimum absolute atomic E-state index is 0.119. The fourth-order valence-corrected chi connectivity index (χ4v) is 4.98. The molecule has 1 saturated carbocycles. The minimum atomic E-state index is 0.119. The number of rotatable bonds is 8. The van der Waals surface area contributed by atoms with E-state index in [1.807, 2.05) is 28.8 Å². The zero-order chi connectivity index (χ0) is 21.0. The minimum Gasteiger partial charge on any atom is -0.371 e. The van der Waals surface area contributed by atoms with Crippen molar-refractivity contribution in [3.05, 3.63) is 78.6 Å². The number of hydrogen-bond acceptors (Lipinski definition) is 3. The van der Waals surface area contributed by atoms with Crippen molar-refractivity contribution in [2.75, 3.05) is 31.9 Å². The number of benzene rings is 1. The van der Waals surface area contributed by atoms with Crippen LogP contribution in [0.3, 0.4) is 0 Å². The summed E-state index contributed by atoms with van der Waals surface area (Å²) in [7, 11) is 0. The molecule has 1 aromatic carbocycles. The van der Waals surface area contributed by atoms with E-state index in [-0.39, 0.29) is 5.92 Å². The Kier molecular flexibility index (Phi) is 7.07. The van der Waals surface area contributed by atoms with E-state index in [0.717, 1.165) is 49.6 Å². The molecule has 0 radical (unpaired) electrons. The second-order valence-corrected chi connectivity index (χ2v) is 9.01. The molecule has 3 rings (SSSR count). The zero-order valence-electron chi connectivity index (χ0n) is 17.7. The Labute approximate surface area is 179 Å². The maximum absolute atomic E-state index is 12.8. The van der Waals surface area contributed by atoms with Crippen LogP contribution in [0.5, 0.6) is 0 Å². The number of thioether (sulfide) groups is 1. The lowest BCUT2D eigenvalue weighted by atomic mass is 10.1. The second kappa shape index (κ2) is 9.53. The highest BCUT2D eigenvalue weighted by atomic mass is 32.2. The SMILES string of the molecule is C=C/C=C(\C=C)[C@@H]1C[C@H]1C(=O)N1CCN(C(=C)CSc2cc(C)ccc2C)CC1. The molecular formula is C25H32N2OS. The van der Waals surface area contributed by atoms with Crippen LogP contribution in [0.2, 0.25) is 0 Å². The Hall–Kier alpha value is -2.20. The first-order valence-electron chi connectivity index (χ1n) is 10.3. The Bertz CT molecular complexity index is 833.